The summed E-state index contributed by atoms with van der Waals surface area (Å²) in [4.78, 5) is 25.2. The van der Waals surface area contributed by atoms with E-state index >= 15 is 0 Å². The first-order chi connectivity index (χ1) is 12.0. The van der Waals surface area contributed by atoms with Gasteiger partial charge in [0.2, 0.25) is 5.91 Å². The van der Waals surface area contributed by atoms with Crippen LogP contribution in [0.2, 0.25) is 0 Å². The predicted octanol–water partition coefficient (Wildman–Crippen LogP) is 1.73. The number of aliphatic carboxylic acids is 1. The second-order valence-electron chi connectivity index (χ2n) is 6.08. The summed E-state index contributed by atoms with van der Waals surface area (Å²) < 4.78 is 15.8. The van der Waals surface area contributed by atoms with Gasteiger partial charge in [-0.3, -0.25) is 9.59 Å². The SMILES string of the molecule is COc1ccc(CCC(=O)N2CC(OC)CC2CC(=O)O)cc1OC. The molecule has 0 spiro atoms. The van der Waals surface area contributed by atoms with Crippen LogP contribution < -0.4 is 9.47 Å². The van der Waals surface area contributed by atoms with Crippen LogP contribution in [0.1, 0.15) is 24.8 Å². The minimum atomic E-state index is -0.903. The van der Waals surface area contributed by atoms with Gasteiger partial charge in [0.05, 0.1) is 26.7 Å². The van der Waals surface area contributed by atoms with Crippen LogP contribution in [0.5, 0.6) is 11.5 Å². The third kappa shape index (κ3) is 4.85. The lowest BCUT2D eigenvalue weighted by Gasteiger charge is -2.23. The number of aryl methyl sites for hydroxylation is 1. The van der Waals surface area contributed by atoms with E-state index < -0.39 is 5.97 Å². The molecule has 1 fully saturated rings. The molecule has 1 aliphatic rings. The van der Waals surface area contributed by atoms with Crippen LogP contribution in [0.4, 0.5) is 0 Å². The zero-order valence-corrected chi connectivity index (χ0v) is 14.9. The molecule has 1 N–H and O–H groups in total. The number of carboxylic acids is 1. The highest BCUT2D eigenvalue weighted by molar-refractivity contribution is 5.78. The highest BCUT2D eigenvalue weighted by atomic mass is 16.5. The Hall–Kier alpha value is -2.28. The second-order valence-corrected chi connectivity index (χ2v) is 6.08. The van der Waals surface area contributed by atoms with Crippen molar-refractivity contribution in [2.24, 2.45) is 0 Å². The predicted molar refractivity (Wildman–Crippen MR) is 91.0 cm³/mol. The molecule has 1 amide bonds. The average Bonchev–Trinajstić information content (AvgIpc) is 3.01. The van der Waals surface area contributed by atoms with Gasteiger partial charge in [0, 0.05) is 26.1 Å². The normalized spacial score (nSPS) is 19.7. The van der Waals surface area contributed by atoms with E-state index in [2.05, 4.69) is 0 Å². The smallest absolute Gasteiger partial charge is 0.305 e. The topological polar surface area (TPSA) is 85.3 Å². The third-order valence-corrected chi connectivity index (χ3v) is 4.52. The number of carbonyl (C=O) groups is 2. The Labute approximate surface area is 147 Å². The largest absolute Gasteiger partial charge is 0.493 e. The van der Waals surface area contributed by atoms with Crippen molar-refractivity contribution in [1.82, 2.24) is 4.90 Å². The van der Waals surface area contributed by atoms with E-state index in [9.17, 15) is 9.59 Å². The van der Waals surface area contributed by atoms with E-state index in [0.29, 0.717) is 37.3 Å². The Morgan fingerprint density at radius 1 is 1.20 bits per heavy atom. The first-order valence-electron chi connectivity index (χ1n) is 8.23. The van der Waals surface area contributed by atoms with Gasteiger partial charge < -0.3 is 24.2 Å². The van der Waals surface area contributed by atoms with Gasteiger partial charge in [0.15, 0.2) is 11.5 Å². The van der Waals surface area contributed by atoms with Gasteiger partial charge in [-0.05, 0) is 30.5 Å². The molecule has 7 nitrogen and oxygen atoms in total. The van der Waals surface area contributed by atoms with Crippen molar-refractivity contribution in [3.63, 3.8) is 0 Å². The fraction of sp³-hybridized carbons (Fsp3) is 0.556. The zero-order chi connectivity index (χ0) is 18.4. The van der Waals surface area contributed by atoms with Gasteiger partial charge in [0.1, 0.15) is 0 Å². The van der Waals surface area contributed by atoms with Crippen LogP contribution in [-0.4, -0.2) is 61.9 Å². The highest BCUT2D eigenvalue weighted by Crippen LogP contribution is 2.28. The summed E-state index contributed by atoms with van der Waals surface area (Å²) in [7, 11) is 4.72. The molecular weight excluding hydrogens is 326 g/mol. The van der Waals surface area contributed by atoms with Gasteiger partial charge in [-0.25, -0.2) is 0 Å². The lowest BCUT2D eigenvalue weighted by Crippen LogP contribution is -2.37. The van der Waals surface area contributed by atoms with Gasteiger partial charge in [-0.2, -0.15) is 0 Å². The first kappa shape index (κ1) is 19.1. The van der Waals surface area contributed by atoms with Gasteiger partial charge in [-0.1, -0.05) is 6.07 Å². The summed E-state index contributed by atoms with van der Waals surface area (Å²) >= 11 is 0. The minimum absolute atomic E-state index is 0.0536. The fourth-order valence-corrected chi connectivity index (χ4v) is 3.18. The molecule has 25 heavy (non-hydrogen) atoms. The number of hydrogen-bond acceptors (Lipinski definition) is 5. The van der Waals surface area contributed by atoms with Crippen LogP contribution in [0, 0.1) is 0 Å². The number of nitrogens with zero attached hydrogens (tertiary/aromatic N) is 1. The molecule has 0 aromatic heterocycles. The molecule has 0 aliphatic carbocycles. The molecule has 138 valence electrons. The molecular formula is C18H25NO6. The van der Waals surface area contributed by atoms with Crippen molar-refractivity contribution >= 4 is 11.9 Å². The lowest BCUT2D eigenvalue weighted by molar-refractivity contribution is -0.139. The van der Waals surface area contributed by atoms with Crippen molar-refractivity contribution in [2.75, 3.05) is 27.9 Å². The van der Waals surface area contributed by atoms with Crippen LogP contribution >= 0.6 is 0 Å². The van der Waals surface area contributed by atoms with Crippen molar-refractivity contribution in [2.45, 2.75) is 37.8 Å². The molecule has 1 aliphatic heterocycles. The number of hydrogen-bond donors (Lipinski definition) is 1. The second kappa shape index (κ2) is 8.71. The zero-order valence-electron chi connectivity index (χ0n) is 14.9. The molecule has 0 radical (unpaired) electrons. The maximum atomic E-state index is 12.6. The van der Waals surface area contributed by atoms with Gasteiger partial charge in [0.25, 0.3) is 0 Å². The number of methoxy groups -OCH3 is 3. The standard InChI is InChI=1S/C18H25NO6/c1-23-14-9-13(10-18(21)22)19(11-14)17(20)7-5-12-4-6-15(24-2)16(8-12)25-3/h4,6,8,13-14H,5,7,9-11H2,1-3H3,(H,21,22). The monoisotopic (exact) mass is 351 g/mol. The Bertz CT molecular complexity index is 618. The van der Waals surface area contributed by atoms with Gasteiger partial charge >= 0.3 is 5.97 Å². The molecule has 7 heteroatoms. The Morgan fingerprint density at radius 3 is 2.52 bits per heavy atom. The van der Waals surface area contributed by atoms with Crippen LogP contribution in [0.15, 0.2) is 18.2 Å². The number of amides is 1. The summed E-state index contributed by atoms with van der Waals surface area (Å²) in [5.41, 5.74) is 0.961. The lowest BCUT2D eigenvalue weighted by atomic mass is 10.1. The maximum Gasteiger partial charge on any atom is 0.305 e. The van der Waals surface area contributed by atoms with Crippen LogP contribution in [-0.2, 0) is 20.7 Å². The third-order valence-electron chi connectivity index (χ3n) is 4.52. The summed E-state index contributed by atoms with van der Waals surface area (Å²) in [5, 5.41) is 9.04. The number of likely N-dealkylation sites (tertiary alicyclic amines) is 1. The van der Waals surface area contributed by atoms with Crippen LogP contribution in [0.25, 0.3) is 0 Å². The summed E-state index contributed by atoms with van der Waals surface area (Å²) in [6.45, 7) is 0.444. The van der Waals surface area contributed by atoms with Crippen molar-refractivity contribution in [3.05, 3.63) is 23.8 Å². The van der Waals surface area contributed by atoms with Crippen molar-refractivity contribution in [1.29, 1.82) is 0 Å². The van der Waals surface area contributed by atoms with Gasteiger partial charge in [-0.15, -0.1) is 0 Å². The number of carboxylic acid groups (broad SMARTS) is 1. The number of ether oxygens (including phenoxy) is 3. The Balaban J connectivity index is 1.99. The van der Waals surface area contributed by atoms with E-state index in [1.54, 1.807) is 26.2 Å². The number of benzene rings is 1. The van der Waals surface area contributed by atoms with E-state index in [1.165, 1.54) is 0 Å². The Morgan fingerprint density at radius 2 is 1.92 bits per heavy atom. The first-order valence-corrected chi connectivity index (χ1v) is 8.23. The Kier molecular flexibility index (Phi) is 6.64. The molecule has 1 heterocycles. The molecule has 2 rings (SSSR count). The van der Waals surface area contributed by atoms with E-state index in [1.807, 2.05) is 18.2 Å². The summed E-state index contributed by atoms with van der Waals surface area (Å²) in [5.74, 6) is 0.304. The van der Waals surface area contributed by atoms with Crippen molar-refractivity contribution < 1.29 is 28.9 Å². The molecule has 2 unspecified atom stereocenters. The van der Waals surface area contributed by atoms with E-state index in [0.717, 1.165) is 5.56 Å². The number of rotatable bonds is 8. The van der Waals surface area contributed by atoms with Crippen molar-refractivity contribution in [3.8, 4) is 11.5 Å². The minimum Gasteiger partial charge on any atom is -0.493 e. The molecule has 1 aromatic carbocycles. The molecule has 2 atom stereocenters. The molecule has 0 saturated carbocycles. The number of carbonyl (C=O) groups excluding carboxylic acids is 1. The van der Waals surface area contributed by atoms with E-state index in [-0.39, 0.29) is 24.5 Å². The average molecular weight is 351 g/mol. The molecule has 0 bridgehead atoms. The molecule has 1 saturated heterocycles. The quantitative estimate of drug-likeness (QED) is 0.768. The van der Waals surface area contributed by atoms with E-state index in [4.69, 9.17) is 19.3 Å². The highest BCUT2D eigenvalue weighted by Gasteiger charge is 2.36. The summed E-state index contributed by atoms with van der Waals surface area (Å²) in [6.07, 6.45) is 1.26. The van der Waals surface area contributed by atoms with Crippen LogP contribution in [0.3, 0.4) is 0 Å². The fourth-order valence-electron chi connectivity index (χ4n) is 3.18. The molecule has 1 aromatic rings. The summed E-state index contributed by atoms with van der Waals surface area (Å²) in [6, 6.07) is 5.25. The maximum absolute atomic E-state index is 12.6.